The number of sulfonamides is 1. The zero-order valence-electron chi connectivity index (χ0n) is 12.6. The summed E-state index contributed by atoms with van der Waals surface area (Å²) in [4.78, 5) is 0.191. The third-order valence-corrected chi connectivity index (χ3v) is 5.73. The van der Waals surface area contributed by atoms with Crippen molar-refractivity contribution in [3.8, 4) is 5.75 Å². The van der Waals surface area contributed by atoms with Crippen molar-refractivity contribution in [1.82, 2.24) is 4.72 Å². The van der Waals surface area contributed by atoms with Gasteiger partial charge in [-0.1, -0.05) is 6.92 Å². The third kappa shape index (κ3) is 5.50. The van der Waals surface area contributed by atoms with E-state index in [1.165, 1.54) is 23.9 Å². The molecule has 0 amide bonds. The highest BCUT2D eigenvalue weighted by Gasteiger charge is 2.22. The minimum Gasteiger partial charge on any atom is -0.494 e. The molecule has 0 radical (unpaired) electrons. The Hall–Kier alpha value is -0.760. The van der Waals surface area contributed by atoms with Gasteiger partial charge in [-0.25, -0.2) is 13.1 Å². The Kier molecular flexibility index (Phi) is 7.51. The molecule has 2 unspecified atom stereocenters. The van der Waals surface area contributed by atoms with E-state index in [9.17, 15) is 13.5 Å². The zero-order chi connectivity index (χ0) is 15.9. The van der Waals surface area contributed by atoms with Crippen molar-refractivity contribution in [2.45, 2.75) is 36.5 Å². The highest BCUT2D eigenvalue weighted by molar-refractivity contribution is 7.99. The summed E-state index contributed by atoms with van der Waals surface area (Å²) >= 11 is 1.43. The molecule has 1 aromatic carbocycles. The van der Waals surface area contributed by atoms with Gasteiger partial charge >= 0.3 is 0 Å². The van der Waals surface area contributed by atoms with E-state index >= 15 is 0 Å². The number of aliphatic hydroxyl groups is 1. The number of benzene rings is 1. The Morgan fingerprint density at radius 2 is 1.95 bits per heavy atom. The molecule has 5 nitrogen and oxygen atoms in total. The Labute approximate surface area is 131 Å². The number of ether oxygens (including phenoxy) is 1. The van der Waals surface area contributed by atoms with Gasteiger partial charge in [-0.15, -0.1) is 0 Å². The number of hydrogen-bond donors (Lipinski definition) is 2. The number of thioether (sulfide) groups is 1. The van der Waals surface area contributed by atoms with Crippen molar-refractivity contribution in [1.29, 1.82) is 0 Å². The average Bonchev–Trinajstić information content (AvgIpc) is 2.46. The second-order valence-electron chi connectivity index (χ2n) is 4.69. The minimum absolute atomic E-state index is 0.0748. The minimum atomic E-state index is -3.59. The number of nitrogens with one attached hydrogen (secondary N) is 1. The lowest BCUT2D eigenvalue weighted by Gasteiger charge is -2.21. The SMILES string of the molecule is CCCOc1ccc(S(=O)(=O)NC(C)C(CO)SC)cc1. The van der Waals surface area contributed by atoms with E-state index in [1.807, 2.05) is 13.2 Å². The fourth-order valence-electron chi connectivity index (χ4n) is 1.76. The second-order valence-corrected chi connectivity index (χ2v) is 7.48. The molecule has 1 rings (SSSR count). The molecule has 0 bridgehead atoms. The molecule has 0 saturated carbocycles. The topological polar surface area (TPSA) is 75.6 Å². The first kappa shape index (κ1) is 18.3. The Balaban J connectivity index is 2.78. The summed E-state index contributed by atoms with van der Waals surface area (Å²) < 4.78 is 32.5. The Morgan fingerprint density at radius 1 is 1.33 bits per heavy atom. The van der Waals surface area contributed by atoms with Crippen LogP contribution in [0.5, 0.6) is 5.75 Å². The summed E-state index contributed by atoms with van der Waals surface area (Å²) in [5, 5.41) is 9.04. The molecular formula is C14H23NO4S2. The van der Waals surface area contributed by atoms with Gasteiger partial charge in [-0.2, -0.15) is 11.8 Å². The van der Waals surface area contributed by atoms with Gasteiger partial charge < -0.3 is 9.84 Å². The smallest absolute Gasteiger partial charge is 0.240 e. The van der Waals surface area contributed by atoms with Crippen LogP contribution >= 0.6 is 11.8 Å². The third-order valence-electron chi connectivity index (χ3n) is 2.99. The van der Waals surface area contributed by atoms with Gasteiger partial charge in [0, 0.05) is 11.3 Å². The highest BCUT2D eigenvalue weighted by Crippen LogP contribution is 2.18. The van der Waals surface area contributed by atoms with E-state index in [1.54, 1.807) is 19.1 Å². The van der Waals surface area contributed by atoms with Crippen LogP contribution in [0.2, 0.25) is 0 Å². The summed E-state index contributed by atoms with van der Waals surface area (Å²) in [6.45, 7) is 4.28. The fraction of sp³-hybridized carbons (Fsp3) is 0.571. The van der Waals surface area contributed by atoms with E-state index < -0.39 is 10.0 Å². The van der Waals surface area contributed by atoms with Gasteiger partial charge in [0.15, 0.2) is 0 Å². The number of rotatable bonds is 9. The quantitative estimate of drug-likeness (QED) is 0.721. The maximum Gasteiger partial charge on any atom is 0.240 e. The van der Waals surface area contributed by atoms with Crippen molar-refractivity contribution in [2.24, 2.45) is 0 Å². The summed E-state index contributed by atoms with van der Waals surface area (Å²) in [6, 6.07) is 5.98. The van der Waals surface area contributed by atoms with Crippen LogP contribution in [0, 0.1) is 0 Å². The predicted molar refractivity (Wildman–Crippen MR) is 86.4 cm³/mol. The molecule has 21 heavy (non-hydrogen) atoms. The molecule has 7 heteroatoms. The molecule has 0 aromatic heterocycles. The largest absolute Gasteiger partial charge is 0.494 e. The molecule has 0 aliphatic heterocycles. The molecule has 120 valence electrons. The molecule has 0 aliphatic rings. The zero-order valence-corrected chi connectivity index (χ0v) is 14.2. The normalized spacial score (nSPS) is 14.7. The van der Waals surface area contributed by atoms with E-state index in [2.05, 4.69) is 4.72 Å². The van der Waals surface area contributed by atoms with Crippen LogP contribution in [-0.2, 0) is 10.0 Å². The average molecular weight is 333 g/mol. The summed E-state index contributed by atoms with van der Waals surface area (Å²) in [5.41, 5.74) is 0. The van der Waals surface area contributed by atoms with Crippen molar-refractivity contribution < 1.29 is 18.3 Å². The second kappa shape index (κ2) is 8.63. The van der Waals surface area contributed by atoms with E-state index in [4.69, 9.17) is 4.74 Å². The van der Waals surface area contributed by atoms with Crippen molar-refractivity contribution in [3.05, 3.63) is 24.3 Å². The monoisotopic (exact) mass is 333 g/mol. The summed E-state index contributed by atoms with van der Waals surface area (Å²) in [7, 11) is -3.59. The molecule has 0 aliphatic carbocycles. The van der Waals surface area contributed by atoms with Crippen molar-refractivity contribution in [2.75, 3.05) is 19.5 Å². The first-order valence-corrected chi connectivity index (χ1v) is 9.60. The molecule has 2 N–H and O–H groups in total. The molecule has 0 heterocycles. The molecule has 1 aromatic rings. The van der Waals surface area contributed by atoms with Crippen LogP contribution in [0.1, 0.15) is 20.3 Å². The lowest BCUT2D eigenvalue weighted by atomic mass is 10.3. The van der Waals surface area contributed by atoms with Crippen LogP contribution in [0.3, 0.4) is 0 Å². The van der Waals surface area contributed by atoms with Gasteiger partial charge in [0.2, 0.25) is 10.0 Å². The lowest BCUT2D eigenvalue weighted by Crippen LogP contribution is -2.41. The molecule has 0 saturated heterocycles. The standard InChI is InChI=1S/C14H23NO4S2/c1-4-9-19-12-5-7-13(8-6-12)21(17,18)15-11(2)14(10-16)20-3/h5-8,11,14-16H,4,9-10H2,1-3H3. The molecular weight excluding hydrogens is 310 g/mol. The van der Waals surface area contributed by atoms with E-state index in [0.29, 0.717) is 12.4 Å². The maximum atomic E-state index is 12.3. The highest BCUT2D eigenvalue weighted by atomic mass is 32.2. The van der Waals surface area contributed by atoms with Crippen molar-refractivity contribution in [3.63, 3.8) is 0 Å². The van der Waals surface area contributed by atoms with Gasteiger partial charge in [0.05, 0.1) is 18.1 Å². The lowest BCUT2D eigenvalue weighted by molar-refractivity contribution is 0.282. The number of hydrogen-bond acceptors (Lipinski definition) is 5. The molecule has 0 spiro atoms. The maximum absolute atomic E-state index is 12.3. The Bertz CT molecular complexity index is 512. The van der Waals surface area contributed by atoms with E-state index in [0.717, 1.165) is 6.42 Å². The van der Waals surface area contributed by atoms with Crippen LogP contribution < -0.4 is 9.46 Å². The summed E-state index contributed by atoms with van der Waals surface area (Å²) in [6.07, 6.45) is 2.74. The van der Waals surface area contributed by atoms with Crippen molar-refractivity contribution >= 4 is 21.8 Å². The molecule has 2 atom stereocenters. The summed E-state index contributed by atoms with van der Waals surface area (Å²) in [5.74, 6) is 0.654. The van der Waals surface area contributed by atoms with Crippen LogP contribution in [0.25, 0.3) is 0 Å². The van der Waals surface area contributed by atoms with Crippen LogP contribution in [0.4, 0.5) is 0 Å². The number of aliphatic hydroxyl groups excluding tert-OH is 1. The van der Waals surface area contributed by atoms with E-state index in [-0.39, 0.29) is 22.8 Å². The van der Waals surface area contributed by atoms with Crippen LogP contribution in [0.15, 0.2) is 29.2 Å². The van der Waals surface area contributed by atoms with Crippen LogP contribution in [-0.4, -0.2) is 44.3 Å². The van der Waals surface area contributed by atoms with Gasteiger partial charge in [0.1, 0.15) is 5.75 Å². The van der Waals surface area contributed by atoms with Gasteiger partial charge in [-0.05, 0) is 43.9 Å². The first-order chi connectivity index (χ1) is 9.94. The predicted octanol–water partition coefficient (Wildman–Crippen LogP) is 1.87. The van der Waals surface area contributed by atoms with Gasteiger partial charge in [0.25, 0.3) is 0 Å². The van der Waals surface area contributed by atoms with Gasteiger partial charge in [-0.3, -0.25) is 0 Å². The Morgan fingerprint density at radius 3 is 2.43 bits per heavy atom. The fourth-order valence-corrected chi connectivity index (χ4v) is 3.76. The molecule has 0 fully saturated rings. The first-order valence-electron chi connectivity index (χ1n) is 6.83.